The lowest BCUT2D eigenvalue weighted by Crippen LogP contribution is -2.05. The number of hydrogen-bond donors (Lipinski definition) is 0. The van der Waals surface area contributed by atoms with E-state index < -0.39 is 0 Å². The molecule has 0 amide bonds. The average Bonchev–Trinajstić information content (AvgIpc) is 3.64. The van der Waals surface area contributed by atoms with E-state index in [1.54, 1.807) is 0 Å². The van der Waals surface area contributed by atoms with Crippen LogP contribution in [-0.2, 0) is 0 Å². The molecule has 10 aromatic rings. The highest BCUT2D eigenvalue weighted by Crippen LogP contribution is 2.42. The van der Waals surface area contributed by atoms with Crippen LogP contribution in [0.3, 0.4) is 0 Å². The molecule has 9 aromatic carbocycles. The van der Waals surface area contributed by atoms with Crippen LogP contribution in [0, 0.1) is 0 Å². The molecule has 1 aromatic heterocycles. The van der Waals surface area contributed by atoms with Crippen molar-refractivity contribution in [1.82, 2.24) is 0 Å². The van der Waals surface area contributed by atoms with Crippen LogP contribution < -0.4 is 0 Å². The third-order valence-electron chi connectivity index (χ3n) is 10.9. The van der Waals surface area contributed by atoms with E-state index in [2.05, 4.69) is 206 Å². The molecule has 1 heteroatoms. The molecule has 10 rings (SSSR count). The summed E-state index contributed by atoms with van der Waals surface area (Å²) in [4.78, 5) is 0. The van der Waals surface area contributed by atoms with Crippen molar-refractivity contribution >= 4 is 32.7 Å². The molecule has 0 aliphatic heterocycles. The van der Waals surface area contributed by atoms with Gasteiger partial charge in [0.05, 0.1) is 0 Å². The van der Waals surface area contributed by atoms with E-state index in [0.29, 0.717) is 0 Å². The van der Waals surface area contributed by atoms with Crippen molar-refractivity contribution in [2.24, 2.45) is 0 Å². The molecule has 254 valence electrons. The summed E-state index contributed by atoms with van der Waals surface area (Å²) in [6, 6.07) is 76.7. The van der Waals surface area contributed by atoms with Gasteiger partial charge >= 0.3 is 0 Å². The maximum atomic E-state index is 6.51. The summed E-state index contributed by atoms with van der Waals surface area (Å²) in [6.45, 7) is 0. The van der Waals surface area contributed by atoms with Gasteiger partial charge in [0.2, 0.25) is 0 Å². The molecule has 0 aliphatic rings. The molecule has 1 nitrogen and oxygen atoms in total. The Labute approximate surface area is 315 Å². The van der Waals surface area contributed by atoms with Crippen molar-refractivity contribution in [2.45, 2.75) is 5.92 Å². The van der Waals surface area contributed by atoms with Gasteiger partial charge in [0.15, 0.2) is 0 Å². The molecule has 0 N–H and O–H groups in total. The number of hydrogen-bond acceptors (Lipinski definition) is 1. The van der Waals surface area contributed by atoms with E-state index in [4.69, 9.17) is 4.42 Å². The van der Waals surface area contributed by atoms with Crippen molar-refractivity contribution in [3.8, 4) is 44.5 Å². The lowest BCUT2D eigenvalue weighted by molar-refractivity contribution is 0.670. The second kappa shape index (κ2) is 13.5. The summed E-state index contributed by atoms with van der Waals surface area (Å²) in [5, 5.41) is 4.79. The first-order valence-corrected chi connectivity index (χ1v) is 18.6. The number of para-hydroxylation sites is 2. The van der Waals surface area contributed by atoms with Crippen molar-refractivity contribution < 1.29 is 4.42 Å². The number of benzene rings is 9. The van der Waals surface area contributed by atoms with Gasteiger partial charge in [-0.05, 0) is 72.5 Å². The smallest absolute Gasteiger partial charge is 0.143 e. The molecule has 0 bridgehead atoms. The van der Waals surface area contributed by atoms with Crippen LogP contribution in [-0.4, -0.2) is 0 Å². The minimum Gasteiger partial charge on any atom is -0.455 e. The first kappa shape index (κ1) is 31.7. The van der Waals surface area contributed by atoms with Crippen LogP contribution in [0.5, 0.6) is 0 Å². The van der Waals surface area contributed by atoms with Crippen LogP contribution >= 0.6 is 0 Å². The number of rotatable bonds is 7. The van der Waals surface area contributed by atoms with Gasteiger partial charge in [0, 0.05) is 22.3 Å². The van der Waals surface area contributed by atoms with Crippen LogP contribution in [0.4, 0.5) is 0 Å². The number of fused-ring (bicyclic) bond motifs is 4. The molecule has 1 atom stereocenters. The molecular weight excluding hydrogens is 653 g/mol. The summed E-state index contributed by atoms with van der Waals surface area (Å²) in [5.74, 6) is -0.0101. The van der Waals surface area contributed by atoms with Crippen LogP contribution in [0.15, 0.2) is 217 Å². The first-order valence-electron chi connectivity index (χ1n) is 18.6. The molecular formula is C53H36O. The molecule has 1 heterocycles. The van der Waals surface area contributed by atoms with E-state index in [0.717, 1.165) is 33.1 Å². The highest BCUT2D eigenvalue weighted by Gasteiger charge is 2.22. The quantitative estimate of drug-likeness (QED) is 0.152. The zero-order chi connectivity index (χ0) is 35.8. The topological polar surface area (TPSA) is 13.1 Å². The Morgan fingerprint density at radius 3 is 1.56 bits per heavy atom. The predicted molar refractivity (Wildman–Crippen MR) is 227 cm³/mol. The predicted octanol–water partition coefficient (Wildman–Crippen LogP) is 14.6. The molecule has 0 saturated heterocycles. The Morgan fingerprint density at radius 2 is 0.833 bits per heavy atom. The van der Waals surface area contributed by atoms with Crippen molar-refractivity contribution in [3.63, 3.8) is 0 Å². The Morgan fingerprint density at radius 1 is 0.296 bits per heavy atom. The van der Waals surface area contributed by atoms with Crippen molar-refractivity contribution in [2.75, 3.05) is 0 Å². The largest absolute Gasteiger partial charge is 0.455 e. The summed E-state index contributed by atoms with van der Waals surface area (Å²) in [7, 11) is 0. The fraction of sp³-hybridized carbons (Fsp3) is 0.0189. The summed E-state index contributed by atoms with van der Waals surface area (Å²) >= 11 is 0. The van der Waals surface area contributed by atoms with E-state index in [9.17, 15) is 0 Å². The standard InChI is InChI=1S/C53H36O/c1-3-13-36(14-4-1)37-25-27-38(28-26-37)39-29-31-41(32-30-39)52(49-34-33-44(40-15-5-2-6-16-40)46-19-7-8-20-47(46)49)43-18-11-17-42(35-43)45-22-12-23-50-48-21-9-10-24-51(48)54-53(45)50/h1-35,52H. The third kappa shape index (κ3) is 5.68. The van der Waals surface area contributed by atoms with Gasteiger partial charge in [-0.15, -0.1) is 0 Å². The van der Waals surface area contributed by atoms with E-state index in [1.807, 2.05) is 6.07 Å². The lowest BCUT2D eigenvalue weighted by atomic mass is 9.80. The summed E-state index contributed by atoms with van der Waals surface area (Å²) in [6.07, 6.45) is 0. The molecule has 54 heavy (non-hydrogen) atoms. The maximum absolute atomic E-state index is 6.51. The number of furan rings is 1. The Kier molecular flexibility index (Phi) is 7.96. The maximum Gasteiger partial charge on any atom is 0.143 e. The Hall–Kier alpha value is -6.96. The van der Waals surface area contributed by atoms with Crippen molar-refractivity contribution in [3.05, 3.63) is 229 Å². The lowest BCUT2D eigenvalue weighted by Gasteiger charge is -2.23. The zero-order valence-electron chi connectivity index (χ0n) is 29.7. The molecule has 0 aliphatic carbocycles. The highest BCUT2D eigenvalue weighted by atomic mass is 16.3. The average molecular weight is 689 g/mol. The van der Waals surface area contributed by atoms with Gasteiger partial charge in [0.1, 0.15) is 11.2 Å². The van der Waals surface area contributed by atoms with Crippen LogP contribution in [0.1, 0.15) is 22.6 Å². The summed E-state index contributed by atoms with van der Waals surface area (Å²) in [5.41, 5.74) is 15.2. The van der Waals surface area contributed by atoms with Gasteiger partial charge in [0.25, 0.3) is 0 Å². The summed E-state index contributed by atoms with van der Waals surface area (Å²) < 4.78 is 6.51. The SMILES string of the molecule is c1ccc(-c2ccc(-c3ccc(C(c4cccc(-c5cccc6c5oc5ccccc56)c4)c4ccc(-c5ccccc5)c5ccccc45)cc3)cc2)cc1. The fourth-order valence-corrected chi connectivity index (χ4v) is 8.21. The molecule has 0 saturated carbocycles. The van der Waals surface area contributed by atoms with Gasteiger partial charge in [-0.3, -0.25) is 0 Å². The molecule has 0 radical (unpaired) electrons. The minimum atomic E-state index is -0.0101. The van der Waals surface area contributed by atoms with Gasteiger partial charge < -0.3 is 4.42 Å². The van der Waals surface area contributed by atoms with Crippen LogP contribution in [0.25, 0.3) is 77.2 Å². The van der Waals surface area contributed by atoms with Crippen molar-refractivity contribution in [1.29, 1.82) is 0 Å². The third-order valence-corrected chi connectivity index (χ3v) is 10.9. The second-order valence-electron chi connectivity index (χ2n) is 14.0. The van der Waals surface area contributed by atoms with Gasteiger partial charge in [-0.1, -0.05) is 206 Å². The molecule has 0 fully saturated rings. The Bertz CT molecular complexity index is 2900. The first-order chi connectivity index (χ1) is 26.8. The van der Waals surface area contributed by atoms with E-state index in [-0.39, 0.29) is 5.92 Å². The Balaban J connectivity index is 1.11. The molecule has 1 unspecified atom stereocenters. The second-order valence-corrected chi connectivity index (χ2v) is 14.0. The fourth-order valence-electron chi connectivity index (χ4n) is 8.21. The highest BCUT2D eigenvalue weighted by molar-refractivity contribution is 6.09. The van der Waals surface area contributed by atoms with E-state index in [1.165, 1.54) is 60.8 Å². The normalized spacial score (nSPS) is 12.0. The van der Waals surface area contributed by atoms with Gasteiger partial charge in [-0.25, -0.2) is 0 Å². The molecule has 0 spiro atoms. The van der Waals surface area contributed by atoms with Crippen LogP contribution in [0.2, 0.25) is 0 Å². The van der Waals surface area contributed by atoms with E-state index >= 15 is 0 Å². The monoisotopic (exact) mass is 688 g/mol. The zero-order valence-corrected chi connectivity index (χ0v) is 29.7. The van der Waals surface area contributed by atoms with Gasteiger partial charge in [-0.2, -0.15) is 0 Å². The minimum absolute atomic E-state index is 0.0101.